The molecule has 3 aliphatic heterocycles. The molecule has 3 fully saturated rings. The largest absolute Gasteiger partial charge is 0.465 e. The second kappa shape index (κ2) is 12.6. The van der Waals surface area contributed by atoms with Gasteiger partial charge in [-0.2, -0.15) is 0 Å². The summed E-state index contributed by atoms with van der Waals surface area (Å²) in [5.74, 6) is -1.95. The third-order valence-corrected chi connectivity index (χ3v) is 11.2. The van der Waals surface area contributed by atoms with Gasteiger partial charge in [-0.05, 0) is 30.7 Å². The van der Waals surface area contributed by atoms with Crippen LogP contribution >= 0.6 is 27.7 Å². The number of esters is 1. The van der Waals surface area contributed by atoms with Crippen LogP contribution in [0.4, 0.5) is 0 Å². The highest BCUT2D eigenvalue weighted by atomic mass is 79.9. The van der Waals surface area contributed by atoms with E-state index < -0.39 is 34.6 Å². The van der Waals surface area contributed by atoms with E-state index in [1.54, 1.807) is 33.7 Å². The number of hydrogen-bond donors (Lipinski definition) is 1. The van der Waals surface area contributed by atoms with Gasteiger partial charge in [0, 0.05) is 23.2 Å². The Morgan fingerprint density at radius 3 is 2.62 bits per heavy atom. The van der Waals surface area contributed by atoms with E-state index in [0.29, 0.717) is 32.4 Å². The van der Waals surface area contributed by atoms with E-state index in [1.807, 2.05) is 44.2 Å². The number of likely N-dealkylation sites (tertiary alicyclic amines) is 1. The molecule has 0 aromatic heterocycles. The smallest absolute Gasteiger partial charge is 0.310 e. The molecule has 3 heterocycles. The Hall–Kier alpha value is -2.10. The van der Waals surface area contributed by atoms with Gasteiger partial charge in [0.1, 0.15) is 6.04 Å². The first kappa shape index (κ1) is 29.9. The summed E-state index contributed by atoms with van der Waals surface area (Å²) in [5.41, 5.74) is 0.976. The van der Waals surface area contributed by atoms with Crippen LogP contribution in [0.2, 0.25) is 0 Å². The number of fused-ring (bicyclic) bond motifs is 1. The van der Waals surface area contributed by atoms with Gasteiger partial charge in [-0.1, -0.05) is 72.3 Å². The summed E-state index contributed by atoms with van der Waals surface area (Å²) in [6, 6.07) is 8.40. The zero-order valence-electron chi connectivity index (χ0n) is 22.7. The predicted molar refractivity (Wildman–Crippen MR) is 157 cm³/mol. The summed E-state index contributed by atoms with van der Waals surface area (Å²) in [5, 5.41) is 10.3. The molecule has 3 unspecified atom stereocenters. The zero-order chi connectivity index (χ0) is 28.3. The van der Waals surface area contributed by atoms with E-state index in [1.165, 1.54) is 0 Å². The first-order valence-corrected chi connectivity index (χ1v) is 15.5. The van der Waals surface area contributed by atoms with Crippen LogP contribution in [0.25, 0.3) is 0 Å². The van der Waals surface area contributed by atoms with Crippen molar-refractivity contribution in [2.45, 2.75) is 66.6 Å². The van der Waals surface area contributed by atoms with Crippen LogP contribution < -0.4 is 0 Å². The van der Waals surface area contributed by atoms with Crippen molar-refractivity contribution in [2.24, 2.45) is 17.8 Å². The second-order valence-corrected chi connectivity index (χ2v) is 13.8. The molecule has 1 spiro atoms. The minimum absolute atomic E-state index is 0.0431. The maximum atomic E-state index is 14.6. The Kier molecular flexibility index (Phi) is 9.65. The fourth-order valence-corrected chi connectivity index (χ4v) is 10.1. The van der Waals surface area contributed by atoms with Crippen LogP contribution in [0.3, 0.4) is 0 Å². The summed E-state index contributed by atoms with van der Waals surface area (Å²) in [6.45, 7) is 12.3. The van der Waals surface area contributed by atoms with Gasteiger partial charge >= 0.3 is 5.97 Å². The SMILES string of the molecule is C=CCCOC(=O)[C@H]1[C@@H]2SC3(CC2Br)C(C(=O)N(CC=C)Cc2ccccc2)N([C@@H](CO)CC(C)C)C(=O)[C@H]13. The van der Waals surface area contributed by atoms with E-state index in [2.05, 4.69) is 29.1 Å². The molecular formula is C30H39BrN2O5S. The Balaban J connectivity index is 1.77. The standard InChI is InChI=1S/C30H39BrN2O5S/c1-5-7-14-38-29(37)23-24-27(35)33(21(18-34)15-19(3)4)26(30(24)16-22(31)25(23)39-30)28(36)32(13-6-2)17-20-11-9-8-10-12-20/h5-6,8-12,19,21-26,34H,1-2,7,13-18H2,3-4H3/t21-,22?,23-,24+,25-,26?,30?/m1/s1. The summed E-state index contributed by atoms with van der Waals surface area (Å²) in [6.07, 6.45) is 5.04. The lowest BCUT2D eigenvalue weighted by atomic mass is 9.71. The maximum Gasteiger partial charge on any atom is 0.310 e. The van der Waals surface area contributed by atoms with Crippen molar-refractivity contribution in [2.75, 3.05) is 19.8 Å². The fourth-order valence-electron chi connectivity index (χ4n) is 6.53. The number of ether oxygens (including phenoxy) is 1. The van der Waals surface area contributed by atoms with Gasteiger partial charge in [-0.3, -0.25) is 14.4 Å². The maximum absolute atomic E-state index is 14.6. The van der Waals surface area contributed by atoms with Gasteiger partial charge in [0.2, 0.25) is 11.8 Å². The number of benzene rings is 1. The Labute approximate surface area is 244 Å². The van der Waals surface area contributed by atoms with Gasteiger partial charge in [0.25, 0.3) is 0 Å². The van der Waals surface area contributed by atoms with E-state index >= 15 is 0 Å². The lowest BCUT2D eigenvalue weighted by molar-refractivity contribution is -0.154. The Morgan fingerprint density at radius 1 is 1.28 bits per heavy atom. The van der Waals surface area contributed by atoms with Crippen molar-refractivity contribution in [1.82, 2.24) is 9.80 Å². The monoisotopic (exact) mass is 618 g/mol. The molecule has 39 heavy (non-hydrogen) atoms. The molecule has 2 amide bonds. The van der Waals surface area contributed by atoms with Crippen molar-refractivity contribution in [1.29, 1.82) is 0 Å². The number of nitrogens with zero attached hydrogens (tertiary/aromatic N) is 2. The number of halogens is 1. The number of amides is 2. The van der Waals surface area contributed by atoms with Gasteiger partial charge in [0.15, 0.2) is 0 Å². The number of aliphatic hydroxyl groups excluding tert-OH is 1. The quantitative estimate of drug-likeness (QED) is 0.154. The van der Waals surface area contributed by atoms with Gasteiger partial charge in [-0.15, -0.1) is 24.9 Å². The van der Waals surface area contributed by atoms with Crippen LogP contribution in [0.1, 0.15) is 38.7 Å². The molecule has 9 heteroatoms. The van der Waals surface area contributed by atoms with E-state index in [0.717, 1.165) is 5.56 Å². The summed E-state index contributed by atoms with van der Waals surface area (Å²) >= 11 is 5.37. The molecule has 4 rings (SSSR count). The first-order chi connectivity index (χ1) is 18.7. The van der Waals surface area contributed by atoms with Crippen LogP contribution in [0, 0.1) is 17.8 Å². The normalized spacial score (nSPS) is 29.8. The number of carbonyl (C=O) groups is 3. The van der Waals surface area contributed by atoms with Crippen molar-refractivity contribution >= 4 is 45.5 Å². The third kappa shape index (κ3) is 5.59. The number of thioether (sulfide) groups is 1. The molecule has 0 aliphatic carbocycles. The third-order valence-electron chi connectivity index (χ3n) is 8.02. The number of alkyl halides is 1. The highest BCUT2D eigenvalue weighted by molar-refractivity contribution is 9.09. The van der Waals surface area contributed by atoms with Crippen molar-refractivity contribution in [3.8, 4) is 0 Å². The minimum atomic E-state index is -0.810. The second-order valence-electron chi connectivity index (χ2n) is 11.1. The molecular weight excluding hydrogens is 580 g/mol. The molecule has 1 N–H and O–H groups in total. The molecule has 7 nitrogen and oxygen atoms in total. The van der Waals surface area contributed by atoms with E-state index in [9.17, 15) is 19.5 Å². The molecule has 2 bridgehead atoms. The van der Waals surface area contributed by atoms with E-state index in [-0.39, 0.29) is 41.0 Å². The molecule has 1 aromatic rings. The average molecular weight is 620 g/mol. The van der Waals surface area contributed by atoms with E-state index in [4.69, 9.17) is 4.74 Å². The number of rotatable bonds is 13. The highest BCUT2D eigenvalue weighted by Gasteiger charge is 2.76. The highest BCUT2D eigenvalue weighted by Crippen LogP contribution is 2.68. The minimum Gasteiger partial charge on any atom is -0.465 e. The van der Waals surface area contributed by atoms with Crippen LogP contribution in [0.5, 0.6) is 0 Å². The fraction of sp³-hybridized carbons (Fsp3) is 0.567. The van der Waals surface area contributed by atoms with Gasteiger partial charge < -0.3 is 19.6 Å². The topological polar surface area (TPSA) is 87.2 Å². The number of hydrogen-bond acceptors (Lipinski definition) is 6. The first-order valence-electron chi connectivity index (χ1n) is 13.7. The Morgan fingerprint density at radius 2 is 2.00 bits per heavy atom. The summed E-state index contributed by atoms with van der Waals surface area (Å²) < 4.78 is 4.80. The lowest BCUT2D eigenvalue weighted by Crippen LogP contribution is -2.57. The van der Waals surface area contributed by atoms with Crippen LogP contribution in [0.15, 0.2) is 55.6 Å². The summed E-state index contributed by atoms with van der Waals surface area (Å²) in [4.78, 5) is 45.6. The number of aliphatic hydroxyl groups is 1. The average Bonchev–Trinajstić information content (AvgIpc) is 3.50. The molecule has 1 aromatic carbocycles. The van der Waals surface area contributed by atoms with Crippen molar-refractivity contribution in [3.05, 3.63) is 61.2 Å². The van der Waals surface area contributed by atoms with Crippen LogP contribution in [-0.4, -0.2) is 79.4 Å². The molecule has 0 saturated carbocycles. The predicted octanol–water partition coefficient (Wildman–Crippen LogP) is 4.19. The molecule has 212 valence electrons. The van der Waals surface area contributed by atoms with Gasteiger partial charge in [-0.25, -0.2) is 0 Å². The van der Waals surface area contributed by atoms with Crippen molar-refractivity contribution in [3.63, 3.8) is 0 Å². The molecule has 7 atom stereocenters. The Bertz CT molecular complexity index is 1080. The zero-order valence-corrected chi connectivity index (χ0v) is 25.1. The molecule has 3 saturated heterocycles. The van der Waals surface area contributed by atoms with Crippen LogP contribution in [-0.2, 0) is 25.7 Å². The molecule has 0 radical (unpaired) electrons. The molecule has 3 aliphatic rings. The number of carbonyl (C=O) groups excluding carboxylic acids is 3. The summed E-state index contributed by atoms with van der Waals surface area (Å²) in [7, 11) is 0. The van der Waals surface area contributed by atoms with Crippen molar-refractivity contribution < 1.29 is 24.2 Å². The lowest BCUT2D eigenvalue weighted by Gasteiger charge is -2.40. The van der Waals surface area contributed by atoms with Gasteiger partial charge in [0.05, 0.1) is 35.8 Å².